The molecule has 1 aliphatic rings. The third kappa shape index (κ3) is 6.17. The maximum absolute atomic E-state index is 2.39. The van der Waals surface area contributed by atoms with Gasteiger partial charge in [0.25, 0.3) is 0 Å². The lowest BCUT2D eigenvalue weighted by atomic mass is 9.81. The van der Waals surface area contributed by atoms with Crippen LogP contribution < -0.4 is 0 Å². The Morgan fingerprint density at radius 3 is 1.21 bits per heavy atom. The smallest absolute Gasteiger partial charge is 0.0541 e. The van der Waals surface area contributed by atoms with Gasteiger partial charge in [0, 0.05) is 38.3 Å². The summed E-state index contributed by atoms with van der Waals surface area (Å²) in [5.74, 6) is 0. The van der Waals surface area contributed by atoms with E-state index in [2.05, 4.69) is 254 Å². The zero-order valence-electron chi connectivity index (χ0n) is 35.3. The molecule has 0 fully saturated rings. The van der Waals surface area contributed by atoms with Crippen LogP contribution in [0.5, 0.6) is 0 Å². The Hall–Kier alpha value is -7.94. The fourth-order valence-electron chi connectivity index (χ4n) is 10.1. The van der Waals surface area contributed by atoms with E-state index < -0.39 is 0 Å². The van der Waals surface area contributed by atoms with Gasteiger partial charge in [0.1, 0.15) is 0 Å². The van der Waals surface area contributed by atoms with Crippen LogP contribution in [0.2, 0.25) is 0 Å². The Balaban J connectivity index is 0.818. The number of benzene rings is 9. The van der Waals surface area contributed by atoms with Gasteiger partial charge in [-0.3, -0.25) is 0 Å². The Morgan fingerprint density at radius 2 is 0.698 bits per heavy atom. The first-order valence-corrected chi connectivity index (χ1v) is 21.9. The van der Waals surface area contributed by atoms with Gasteiger partial charge < -0.3 is 9.13 Å². The number of hydrogen-bond acceptors (Lipinski definition) is 0. The molecular weight excluding hydrogens is 761 g/mol. The van der Waals surface area contributed by atoms with E-state index in [-0.39, 0.29) is 5.41 Å². The predicted molar refractivity (Wildman–Crippen MR) is 269 cm³/mol. The van der Waals surface area contributed by atoms with E-state index >= 15 is 0 Å². The molecule has 9 aromatic carbocycles. The van der Waals surface area contributed by atoms with E-state index in [1.807, 2.05) is 0 Å². The second kappa shape index (κ2) is 14.6. The van der Waals surface area contributed by atoms with Crippen molar-refractivity contribution in [3.63, 3.8) is 0 Å². The number of para-hydroxylation sites is 3. The molecule has 0 saturated heterocycles. The molecule has 11 aromatic rings. The number of rotatable bonds is 7. The summed E-state index contributed by atoms with van der Waals surface area (Å²) in [5, 5.41) is 5.05. The lowest BCUT2D eigenvalue weighted by Gasteiger charge is -2.22. The maximum Gasteiger partial charge on any atom is 0.0541 e. The van der Waals surface area contributed by atoms with Crippen LogP contribution in [-0.2, 0) is 5.41 Å². The highest BCUT2D eigenvalue weighted by atomic mass is 15.0. The van der Waals surface area contributed by atoms with Crippen molar-refractivity contribution in [1.29, 1.82) is 0 Å². The van der Waals surface area contributed by atoms with Gasteiger partial charge in [-0.15, -0.1) is 0 Å². The van der Waals surface area contributed by atoms with Crippen molar-refractivity contribution in [2.45, 2.75) is 19.3 Å². The molecule has 1 aliphatic carbocycles. The van der Waals surface area contributed by atoms with Crippen LogP contribution in [0.3, 0.4) is 0 Å². The molecule has 2 nitrogen and oxygen atoms in total. The predicted octanol–water partition coefficient (Wildman–Crippen LogP) is 16.2. The van der Waals surface area contributed by atoms with Crippen molar-refractivity contribution in [3.05, 3.63) is 240 Å². The normalized spacial score (nSPS) is 13.2. The van der Waals surface area contributed by atoms with Crippen LogP contribution >= 0.6 is 0 Å². The minimum Gasteiger partial charge on any atom is -0.309 e. The second-order valence-corrected chi connectivity index (χ2v) is 17.4. The Morgan fingerprint density at radius 1 is 0.317 bits per heavy atom. The van der Waals surface area contributed by atoms with Gasteiger partial charge in [-0.1, -0.05) is 184 Å². The minimum atomic E-state index is -0.128. The van der Waals surface area contributed by atoms with E-state index in [4.69, 9.17) is 0 Å². The first-order chi connectivity index (χ1) is 31.0. The molecule has 0 unspecified atom stereocenters. The molecule has 0 bridgehead atoms. The van der Waals surface area contributed by atoms with E-state index in [0.29, 0.717) is 0 Å². The topological polar surface area (TPSA) is 9.86 Å². The average molecular weight is 805 g/mol. The average Bonchev–Trinajstić information content (AvgIpc) is 3.93. The lowest BCUT2D eigenvalue weighted by Crippen LogP contribution is -2.15. The third-order valence-electron chi connectivity index (χ3n) is 13.3. The fraction of sp³-hybridized carbons (Fsp3) is 0.0492. The monoisotopic (exact) mass is 804 g/mol. The van der Waals surface area contributed by atoms with Crippen LogP contribution in [0.4, 0.5) is 0 Å². The summed E-state index contributed by atoms with van der Waals surface area (Å²) in [5.41, 5.74) is 19.7. The van der Waals surface area contributed by atoms with E-state index in [1.165, 1.54) is 105 Å². The highest BCUT2D eigenvalue weighted by Gasteiger charge is 2.35. The summed E-state index contributed by atoms with van der Waals surface area (Å²) in [6.45, 7) is 4.74. The van der Waals surface area contributed by atoms with Gasteiger partial charge in [-0.25, -0.2) is 0 Å². The second-order valence-electron chi connectivity index (χ2n) is 17.4. The molecule has 2 heteroatoms. The molecule has 2 heterocycles. The van der Waals surface area contributed by atoms with Gasteiger partial charge >= 0.3 is 0 Å². The van der Waals surface area contributed by atoms with Crippen molar-refractivity contribution in [2.24, 2.45) is 0 Å². The first-order valence-electron chi connectivity index (χ1n) is 21.9. The zero-order chi connectivity index (χ0) is 42.1. The van der Waals surface area contributed by atoms with Crippen LogP contribution in [0.1, 0.15) is 47.2 Å². The van der Waals surface area contributed by atoms with E-state index in [1.54, 1.807) is 0 Å². The van der Waals surface area contributed by atoms with Gasteiger partial charge in [0.05, 0.1) is 22.1 Å². The molecule has 0 N–H and O–H groups in total. The summed E-state index contributed by atoms with van der Waals surface area (Å²) < 4.78 is 4.76. The van der Waals surface area contributed by atoms with Crippen molar-refractivity contribution in [1.82, 2.24) is 9.13 Å². The Bertz CT molecular complexity index is 3610. The molecule has 12 rings (SSSR count). The molecule has 0 radical (unpaired) electrons. The van der Waals surface area contributed by atoms with Gasteiger partial charge in [0.2, 0.25) is 0 Å². The SMILES string of the molecule is CC1(C)c2cc(C=Cc3ccc4c(c3)c3ccccc3n4-c3ccccc3)ccc2-c2ccc(C=Cc3ccc4c(c3)c3ccccc3n4-c3ccc(-c4ccccc4)cc3)cc21. The van der Waals surface area contributed by atoms with Crippen LogP contribution in [0.25, 0.3) is 102 Å². The number of aromatic nitrogens is 2. The van der Waals surface area contributed by atoms with Crippen molar-refractivity contribution in [3.8, 4) is 33.6 Å². The number of nitrogens with zero attached hydrogens (tertiary/aromatic N) is 2. The lowest BCUT2D eigenvalue weighted by molar-refractivity contribution is 0.660. The van der Waals surface area contributed by atoms with Crippen LogP contribution in [0, 0.1) is 0 Å². The van der Waals surface area contributed by atoms with Crippen LogP contribution in [-0.4, -0.2) is 9.13 Å². The first kappa shape index (κ1) is 36.9. The molecule has 298 valence electrons. The Labute approximate surface area is 368 Å². The summed E-state index contributed by atoms with van der Waals surface area (Å²) in [6, 6.07) is 75.3. The molecule has 0 spiro atoms. The fourth-order valence-corrected chi connectivity index (χ4v) is 10.1. The minimum absolute atomic E-state index is 0.128. The standard InChI is InChI=1S/C61H44N2/c1-61(2)55-39-43(23-21-41-27-35-59-53(37-41)51-17-9-11-19-57(51)62(59)47-15-7-4-8-16-47)25-33-49(55)50-34-26-44(40-56(50)61)24-22-42-28-36-60-54(38-42)52-18-10-12-20-58(52)63(60)48-31-29-46(30-32-48)45-13-5-3-6-14-45/h3-40H,1-2H3. The van der Waals surface area contributed by atoms with E-state index in [9.17, 15) is 0 Å². The quantitative estimate of drug-likeness (QED) is 0.142. The van der Waals surface area contributed by atoms with Gasteiger partial charge in [-0.05, 0) is 116 Å². The zero-order valence-corrected chi connectivity index (χ0v) is 35.3. The van der Waals surface area contributed by atoms with E-state index in [0.717, 1.165) is 5.69 Å². The summed E-state index contributed by atoms with van der Waals surface area (Å²) in [4.78, 5) is 0. The molecular formula is C61H44N2. The highest BCUT2D eigenvalue weighted by Crippen LogP contribution is 2.49. The third-order valence-corrected chi connectivity index (χ3v) is 13.3. The molecule has 63 heavy (non-hydrogen) atoms. The summed E-state index contributed by atoms with van der Waals surface area (Å²) in [7, 11) is 0. The molecule has 0 saturated carbocycles. The van der Waals surface area contributed by atoms with Crippen molar-refractivity contribution >= 4 is 67.9 Å². The molecule has 0 aliphatic heterocycles. The molecule has 0 atom stereocenters. The number of fused-ring (bicyclic) bond motifs is 9. The molecule has 0 amide bonds. The Kier molecular flexibility index (Phi) is 8.55. The van der Waals surface area contributed by atoms with Crippen molar-refractivity contribution in [2.75, 3.05) is 0 Å². The van der Waals surface area contributed by atoms with Gasteiger partial charge in [0.15, 0.2) is 0 Å². The number of hydrogen-bond donors (Lipinski definition) is 0. The van der Waals surface area contributed by atoms with Gasteiger partial charge in [-0.2, -0.15) is 0 Å². The summed E-state index contributed by atoms with van der Waals surface area (Å²) in [6.07, 6.45) is 9.05. The highest BCUT2D eigenvalue weighted by molar-refractivity contribution is 6.11. The largest absolute Gasteiger partial charge is 0.309 e. The maximum atomic E-state index is 2.39. The van der Waals surface area contributed by atoms with Crippen molar-refractivity contribution < 1.29 is 0 Å². The van der Waals surface area contributed by atoms with Crippen LogP contribution in [0.15, 0.2) is 206 Å². The summed E-state index contributed by atoms with van der Waals surface area (Å²) >= 11 is 0. The molecule has 2 aromatic heterocycles.